The SMILES string of the molecule is Cl.N#C[C@H]1CCCN1. The van der Waals surface area contributed by atoms with E-state index in [1.807, 2.05) is 0 Å². The fourth-order valence-electron chi connectivity index (χ4n) is 0.795. The fraction of sp³-hybridized carbons (Fsp3) is 0.800. The zero-order valence-corrected chi connectivity index (χ0v) is 5.37. The molecule has 1 aliphatic heterocycles. The predicted molar refractivity (Wildman–Crippen MR) is 33.9 cm³/mol. The summed E-state index contributed by atoms with van der Waals surface area (Å²) < 4.78 is 0. The Morgan fingerprint density at radius 3 is 2.62 bits per heavy atom. The Morgan fingerprint density at radius 2 is 2.38 bits per heavy atom. The van der Waals surface area contributed by atoms with E-state index in [9.17, 15) is 0 Å². The van der Waals surface area contributed by atoms with Crippen LogP contribution in [0.2, 0.25) is 0 Å². The molecule has 0 amide bonds. The quantitative estimate of drug-likeness (QED) is 0.526. The maximum absolute atomic E-state index is 8.25. The van der Waals surface area contributed by atoms with Crippen molar-refractivity contribution in [2.45, 2.75) is 18.9 Å². The Hall–Kier alpha value is -0.260. The van der Waals surface area contributed by atoms with Gasteiger partial charge in [-0.3, -0.25) is 0 Å². The number of hydrogen-bond acceptors (Lipinski definition) is 2. The maximum atomic E-state index is 8.25. The smallest absolute Gasteiger partial charge is 0.0953 e. The summed E-state index contributed by atoms with van der Waals surface area (Å²) in [6.07, 6.45) is 2.20. The van der Waals surface area contributed by atoms with Crippen LogP contribution in [0.3, 0.4) is 0 Å². The summed E-state index contributed by atoms with van der Waals surface area (Å²) in [7, 11) is 0. The van der Waals surface area contributed by atoms with Crippen LogP contribution >= 0.6 is 12.4 Å². The first-order chi connectivity index (χ1) is 3.43. The van der Waals surface area contributed by atoms with Gasteiger partial charge in [0.2, 0.25) is 0 Å². The fourth-order valence-corrected chi connectivity index (χ4v) is 0.795. The minimum Gasteiger partial charge on any atom is -0.302 e. The van der Waals surface area contributed by atoms with Crippen LogP contribution in [0.25, 0.3) is 0 Å². The van der Waals surface area contributed by atoms with Gasteiger partial charge in [-0.15, -0.1) is 12.4 Å². The van der Waals surface area contributed by atoms with E-state index in [2.05, 4.69) is 11.4 Å². The van der Waals surface area contributed by atoms with Crippen molar-refractivity contribution in [1.29, 1.82) is 5.26 Å². The van der Waals surface area contributed by atoms with Gasteiger partial charge in [-0.1, -0.05) is 0 Å². The maximum Gasteiger partial charge on any atom is 0.0953 e. The normalized spacial score (nSPS) is 26.1. The lowest BCUT2D eigenvalue weighted by Crippen LogP contribution is -2.18. The molecule has 1 fully saturated rings. The number of rotatable bonds is 0. The summed E-state index contributed by atoms with van der Waals surface area (Å²) in [5, 5.41) is 11.3. The van der Waals surface area contributed by atoms with Crippen molar-refractivity contribution in [3.05, 3.63) is 0 Å². The standard InChI is InChI=1S/C5H8N2.ClH/c6-4-5-2-1-3-7-5;/h5,7H,1-3H2;1H/t5-;/m1./s1. The van der Waals surface area contributed by atoms with E-state index in [0.717, 1.165) is 19.4 Å². The summed E-state index contributed by atoms with van der Waals surface area (Å²) in [6.45, 7) is 1.03. The molecule has 0 aromatic heterocycles. The Labute approximate surface area is 55.3 Å². The Morgan fingerprint density at radius 1 is 1.62 bits per heavy atom. The lowest BCUT2D eigenvalue weighted by Gasteiger charge is -1.91. The van der Waals surface area contributed by atoms with Gasteiger partial charge in [0, 0.05) is 0 Å². The first-order valence-corrected chi connectivity index (χ1v) is 2.56. The average molecular weight is 133 g/mol. The zero-order chi connectivity index (χ0) is 5.11. The molecule has 0 aliphatic carbocycles. The number of nitrogens with one attached hydrogen (secondary N) is 1. The molecule has 1 heterocycles. The van der Waals surface area contributed by atoms with Crippen molar-refractivity contribution in [3.8, 4) is 6.07 Å². The van der Waals surface area contributed by atoms with E-state index in [1.165, 1.54) is 0 Å². The molecular formula is C5H9ClN2. The lowest BCUT2D eigenvalue weighted by atomic mass is 10.2. The molecule has 3 heteroatoms. The molecule has 0 aromatic rings. The molecule has 1 rings (SSSR count). The van der Waals surface area contributed by atoms with E-state index in [4.69, 9.17) is 5.26 Å². The van der Waals surface area contributed by atoms with Crippen molar-refractivity contribution < 1.29 is 0 Å². The first kappa shape index (κ1) is 7.74. The Bertz CT molecular complexity index is 91.1. The predicted octanol–water partition coefficient (Wildman–Crippen LogP) is 0.684. The second-order valence-electron chi connectivity index (χ2n) is 1.78. The second kappa shape index (κ2) is 3.71. The summed E-state index contributed by atoms with van der Waals surface area (Å²) in [5.74, 6) is 0. The van der Waals surface area contributed by atoms with E-state index in [-0.39, 0.29) is 18.4 Å². The van der Waals surface area contributed by atoms with Crippen LogP contribution < -0.4 is 5.32 Å². The monoisotopic (exact) mass is 132 g/mol. The molecule has 1 N–H and O–H groups in total. The molecule has 0 spiro atoms. The van der Waals surface area contributed by atoms with Crippen molar-refractivity contribution in [2.24, 2.45) is 0 Å². The Kier molecular flexibility index (Phi) is 3.59. The van der Waals surface area contributed by atoms with Gasteiger partial charge in [-0.25, -0.2) is 0 Å². The Balaban J connectivity index is 0.000000490. The zero-order valence-electron chi connectivity index (χ0n) is 4.55. The van der Waals surface area contributed by atoms with Gasteiger partial charge in [0.05, 0.1) is 12.1 Å². The number of nitrogens with zero attached hydrogens (tertiary/aromatic N) is 1. The van der Waals surface area contributed by atoms with Crippen LogP contribution in [0.15, 0.2) is 0 Å². The van der Waals surface area contributed by atoms with E-state index < -0.39 is 0 Å². The van der Waals surface area contributed by atoms with E-state index >= 15 is 0 Å². The van der Waals surface area contributed by atoms with Crippen LogP contribution in [0.4, 0.5) is 0 Å². The van der Waals surface area contributed by atoms with Gasteiger partial charge in [-0.05, 0) is 19.4 Å². The molecule has 1 saturated heterocycles. The van der Waals surface area contributed by atoms with Gasteiger partial charge >= 0.3 is 0 Å². The largest absolute Gasteiger partial charge is 0.302 e. The second-order valence-corrected chi connectivity index (χ2v) is 1.78. The van der Waals surface area contributed by atoms with Gasteiger partial charge < -0.3 is 5.32 Å². The van der Waals surface area contributed by atoms with Crippen molar-refractivity contribution in [2.75, 3.05) is 6.54 Å². The molecule has 46 valence electrons. The van der Waals surface area contributed by atoms with Crippen LogP contribution in [0.5, 0.6) is 0 Å². The molecular weight excluding hydrogens is 124 g/mol. The molecule has 0 bridgehead atoms. The highest BCUT2D eigenvalue weighted by atomic mass is 35.5. The third-order valence-electron chi connectivity index (χ3n) is 1.22. The van der Waals surface area contributed by atoms with Crippen LogP contribution in [0, 0.1) is 11.3 Å². The molecule has 1 aliphatic rings. The molecule has 8 heavy (non-hydrogen) atoms. The third-order valence-corrected chi connectivity index (χ3v) is 1.22. The van der Waals surface area contributed by atoms with Gasteiger partial charge in [0.15, 0.2) is 0 Å². The van der Waals surface area contributed by atoms with E-state index in [1.54, 1.807) is 0 Å². The molecule has 1 atom stereocenters. The minimum atomic E-state index is 0. The molecule has 0 aromatic carbocycles. The summed E-state index contributed by atoms with van der Waals surface area (Å²) in [6, 6.07) is 2.31. The molecule has 2 nitrogen and oxygen atoms in total. The van der Waals surface area contributed by atoms with Gasteiger partial charge in [0.1, 0.15) is 0 Å². The highest BCUT2D eigenvalue weighted by Crippen LogP contribution is 2.01. The topological polar surface area (TPSA) is 35.8 Å². The van der Waals surface area contributed by atoms with Crippen molar-refractivity contribution >= 4 is 12.4 Å². The highest BCUT2D eigenvalue weighted by molar-refractivity contribution is 5.85. The number of hydrogen-bond donors (Lipinski definition) is 1. The van der Waals surface area contributed by atoms with Crippen LogP contribution in [0.1, 0.15) is 12.8 Å². The summed E-state index contributed by atoms with van der Waals surface area (Å²) in [5.41, 5.74) is 0. The average Bonchev–Trinajstić information content (AvgIpc) is 2.14. The minimum absolute atomic E-state index is 0. The molecule has 0 saturated carbocycles. The number of nitriles is 1. The third kappa shape index (κ3) is 1.69. The van der Waals surface area contributed by atoms with Gasteiger partial charge in [0.25, 0.3) is 0 Å². The molecule has 0 radical (unpaired) electrons. The number of halogens is 1. The van der Waals surface area contributed by atoms with Crippen LogP contribution in [-0.4, -0.2) is 12.6 Å². The lowest BCUT2D eigenvalue weighted by molar-refractivity contribution is 0.740. The first-order valence-electron chi connectivity index (χ1n) is 2.56. The van der Waals surface area contributed by atoms with Crippen LogP contribution in [-0.2, 0) is 0 Å². The van der Waals surface area contributed by atoms with E-state index in [0.29, 0.717) is 0 Å². The molecule has 0 unspecified atom stereocenters. The van der Waals surface area contributed by atoms with Crippen molar-refractivity contribution in [3.63, 3.8) is 0 Å². The summed E-state index contributed by atoms with van der Waals surface area (Å²) >= 11 is 0. The van der Waals surface area contributed by atoms with Crippen molar-refractivity contribution in [1.82, 2.24) is 5.32 Å². The van der Waals surface area contributed by atoms with Gasteiger partial charge in [-0.2, -0.15) is 5.26 Å². The highest BCUT2D eigenvalue weighted by Gasteiger charge is 2.10. The summed E-state index contributed by atoms with van der Waals surface area (Å²) in [4.78, 5) is 0.